The zero-order valence-corrected chi connectivity index (χ0v) is 7.93. The van der Waals surface area contributed by atoms with Gasteiger partial charge in [-0.3, -0.25) is 0 Å². The topological polar surface area (TPSA) is 29.9 Å². The van der Waals surface area contributed by atoms with Crippen molar-refractivity contribution in [2.24, 2.45) is 5.92 Å². The first-order valence-corrected chi connectivity index (χ1v) is 4.52. The summed E-state index contributed by atoms with van der Waals surface area (Å²) in [6, 6.07) is 0. The summed E-state index contributed by atoms with van der Waals surface area (Å²) in [5.74, 6) is 1.79. The summed E-state index contributed by atoms with van der Waals surface area (Å²) < 4.78 is 3.06. The van der Waals surface area contributed by atoms with Crippen LogP contribution in [0, 0.1) is 5.92 Å². The predicted octanol–water partition coefficient (Wildman–Crippen LogP) is 1.71. The zero-order chi connectivity index (χ0) is 7.84. The van der Waals surface area contributed by atoms with Gasteiger partial charge in [0.15, 0.2) is 0 Å². The standard InChI is InChI=1S/C7H10BrN3/c1-5-2-9-7-6(8)3-10-11(7)4-5/h3,5,9H,2,4H2,1H3. The minimum atomic E-state index is 0.675. The fourth-order valence-corrected chi connectivity index (χ4v) is 1.74. The molecule has 0 aromatic carbocycles. The molecule has 3 nitrogen and oxygen atoms in total. The monoisotopic (exact) mass is 215 g/mol. The van der Waals surface area contributed by atoms with Crippen molar-refractivity contribution in [3.05, 3.63) is 10.7 Å². The summed E-state index contributed by atoms with van der Waals surface area (Å²) in [6.45, 7) is 4.28. The maximum Gasteiger partial charge on any atom is 0.138 e. The van der Waals surface area contributed by atoms with Crippen molar-refractivity contribution in [1.29, 1.82) is 0 Å². The molecular formula is C7H10BrN3. The van der Waals surface area contributed by atoms with Crippen LogP contribution in [0.3, 0.4) is 0 Å². The minimum Gasteiger partial charge on any atom is -0.369 e. The van der Waals surface area contributed by atoms with E-state index in [4.69, 9.17) is 0 Å². The Morgan fingerprint density at radius 2 is 2.64 bits per heavy atom. The van der Waals surface area contributed by atoms with E-state index in [1.165, 1.54) is 0 Å². The lowest BCUT2D eigenvalue weighted by molar-refractivity contribution is 0.445. The molecule has 2 rings (SSSR count). The summed E-state index contributed by atoms with van der Waals surface area (Å²) in [4.78, 5) is 0. The van der Waals surface area contributed by atoms with E-state index in [1.807, 2.05) is 10.9 Å². The molecule has 1 atom stereocenters. The van der Waals surface area contributed by atoms with Crippen LogP contribution in [0.2, 0.25) is 0 Å². The van der Waals surface area contributed by atoms with Gasteiger partial charge in [0, 0.05) is 13.1 Å². The summed E-state index contributed by atoms with van der Waals surface area (Å²) in [5, 5.41) is 7.53. The molecule has 2 heterocycles. The van der Waals surface area contributed by atoms with Crippen LogP contribution in [-0.2, 0) is 6.54 Å². The molecule has 1 unspecified atom stereocenters. The molecule has 0 bridgehead atoms. The van der Waals surface area contributed by atoms with Gasteiger partial charge in [-0.15, -0.1) is 0 Å². The summed E-state index contributed by atoms with van der Waals surface area (Å²) in [5.41, 5.74) is 0. The van der Waals surface area contributed by atoms with E-state index in [2.05, 4.69) is 33.3 Å². The van der Waals surface area contributed by atoms with Crippen molar-refractivity contribution < 1.29 is 0 Å². The second-order valence-corrected chi connectivity index (χ2v) is 3.86. The molecule has 0 amide bonds. The normalized spacial score (nSPS) is 22.5. The van der Waals surface area contributed by atoms with Crippen molar-refractivity contribution in [2.75, 3.05) is 11.9 Å². The molecule has 0 fully saturated rings. The Hall–Kier alpha value is -0.510. The summed E-state index contributed by atoms with van der Waals surface area (Å²) in [6.07, 6.45) is 1.83. The van der Waals surface area contributed by atoms with Gasteiger partial charge in [-0.2, -0.15) is 5.10 Å². The fourth-order valence-electron chi connectivity index (χ4n) is 1.31. The quantitative estimate of drug-likeness (QED) is 0.715. The lowest BCUT2D eigenvalue weighted by Crippen LogP contribution is -2.25. The van der Waals surface area contributed by atoms with Crippen LogP contribution in [-0.4, -0.2) is 16.3 Å². The van der Waals surface area contributed by atoms with Gasteiger partial charge in [-0.25, -0.2) is 4.68 Å². The van der Waals surface area contributed by atoms with Crippen molar-refractivity contribution in [2.45, 2.75) is 13.5 Å². The molecular weight excluding hydrogens is 206 g/mol. The number of fused-ring (bicyclic) bond motifs is 1. The number of anilines is 1. The number of hydrogen-bond donors (Lipinski definition) is 1. The number of nitrogens with zero attached hydrogens (tertiary/aromatic N) is 2. The lowest BCUT2D eigenvalue weighted by Gasteiger charge is -2.21. The Bertz CT molecular complexity index is 269. The van der Waals surface area contributed by atoms with Crippen LogP contribution < -0.4 is 5.32 Å². The predicted molar refractivity (Wildman–Crippen MR) is 47.6 cm³/mol. The van der Waals surface area contributed by atoms with E-state index >= 15 is 0 Å². The van der Waals surface area contributed by atoms with Gasteiger partial charge in [0.25, 0.3) is 0 Å². The van der Waals surface area contributed by atoms with E-state index in [0.717, 1.165) is 23.4 Å². The van der Waals surface area contributed by atoms with Crippen LogP contribution in [0.1, 0.15) is 6.92 Å². The van der Waals surface area contributed by atoms with Gasteiger partial charge in [0.1, 0.15) is 5.82 Å². The molecule has 60 valence electrons. The largest absolute Gasteiger partial charge is 0.369 e. The maximum absolute atomic E-state index is 4.21. The second-order valence-electron chi connectivity index (χ2n) is 3.01. The number of nitrogens with one attached hydrogen (secondary N) is 1. The van der Waals surface area contributed by atoms with Crippen LogP contribution in [0.15, 0.2) is 10.7 Å². The fraction of sp³-hybridized carbons (Fsp3) is 0.571. The zero-order valence-electron chi connectivity index (χ0n) is 6.34. The second kappa shape index (κ2) is 2.52. The Labute approximate surface area is 73.9 Å². The van der Waals surface area contributed by atoms with Crippen LogP contribution in [0.5, 0.6) is 0 Å². The van der Waals surface area contributed by atoms with Gasteiger partial charge < -0.3 is 5.32 Å². The lowest BCUT2D eigenvalue weighted by atomic mass is 10.1. The highest BCUT2D eigenvalue weighted by Crippen LogP contribution is 2.25. The van der Waals surface area contributed by atoms with Crippen LogP contribution in [0.25, 0.3) is 0 Å². The van der Waals surface area contributed by atoms with E-state index in [-0.39, 0.29) is 0 Å². The number of aromatic nitrogens is 2. The van der Waals surface area contributed by atoms with Crippen LogP contribution >= 0.6 is 15.9 Å². The van der Waals surface area contributed by atoms with Gasteiger partial charge >= 0.3 is 0 Å². The van der Waals surface area contributed by atoms with E-state index in [1.54, 1.807) is 0 Å². The van der Waals surface area contributed by atoms with Crippen molar-refractivity contribution >= 4 is 21.7 Å². The van der Waals surface area contributed by atoms with Gasteiger partial charge in [0.2, 0.25) is 0 Å². The number of halogens is 1. The van der Waals surface area contributed by atoms with Crippen molar-refractivity contribution in [3.63, 3.8) is 0 Å². The van der Waals surface area contributed by atoms with Gasteiger partial charge in [-0.1, -0.05) is 6.92 Å². The maximum atomic E-state index is 4.21. The molecule has 1 aromatic heterocycles. The SMILES string of the molecule is CC1CNc2c(Br)cnn2C1. The molecule has 1 N–H and O–H groups in total. The van der Waals surface area contributed by atoms with Gasteiger partial charge in [-0.05, 0) is 21.8 Å². The molecule has 4 heteroatoms. The third-order valence-corrected chi connectivity index (χ3v) is 2.48. The average molecular weight is 216 g/mol. The number of rotatable bonds is 0. The Morgan fingerprint density at radius 3 is 3.45 bits per heavy atom. The first-order valence-electron chi connectivity index (χ1n) is 3.72. The number of hydrogen-bond acceptors (Lipinski definition) is 2. The molecule has 11 heavy (non-hydrogen) atoms. The first-order chi connectivity index (χ1) is 5.27. The first kappa shape index (κ1) is 7.16. The Morgan fingerprint density at radius 1 is 1.82 bits per heavy atom. The van der Waals surface area contributed by atoms with E-state index < -0.39 is 0 Å². The minimum absolute atomic E-state index is 0.675. The molecule has 1 aliphatic heterocycles. The molecule has 0 saturated carbocycles. The van der Waals surface area contributed by atoms with Crippen LogP contribution in [0.4, 0.5) is 5.82 Å². The van der Waals surface area contributed by atoms with Gasteiger partial charge in [0.05, 0.1) is 10.7 Å². The molecule has 0 saturated heterocycles. The highest BCUT2D eigenvalue weighted by atomic mass is 79.9. The van der Waals surface area contributed by atoms with E-state index in [9.17, 15) is 0 Å². The average Bonchev–Trinajstić information content (AvgIpc) is 2.32. The summed E-state index contributed by atoms with van der Waals surface area (Å²) in [7, 11) is 0. The van der Waals surface area contributed by atoms with Crippen molar-refractivity contribution in [3.8, 4) is 0 Å². The summed E-state index contributed by atoms with van der Waals surface area (Å²) >= 11 is 3.43. The molecule has 0 aliphatic carbocycles. The molecule has 1 aromatic rings. The third kappa shape index (κ3) is 1.15. The van der Waals surface area contributed by atoms with E-state index in [0.29, 0.717) is 5.92 Å². The molecule has 0 radical (unpaired) electrons. The van der Waals surface area contributed by atoms with Crippen molar-refractivity contribution in [1.82, 2.24) is 9.78 Å². The Balaban J connectivity index is 2.36. The highest BCUT2D eigenvalue weighted by molar-refractivity contribution is 9.10. The highest BCUT2D eigenvalue weighted by Gasteiger charge is 2.16. The molecule has 1 aliphatic rings. The smallest absolute Gasteiger partial charge is 0.138 e. The third-order valence-electron chi connectivity index (χ3n) is 1.90. The molecule has 0 spiro atoms. The Kier molecular flexibility index (Phi) is 1.64.